The molecule has 0 aromatic heterocycles. The summed E-state index contributed by atoms with van der Waals surface area (Å²) < 4.78 is 42.4. The molecule has 0 aliphatic carbocycles. The number of hydrogen-bond donors (Lipinski definition) is 2. The number of hydrogen-bond acceptors (Lipinski definition) is 3. The van der Waals surface area contributed by atoms with E-state index in [1.54, 1.807) is 0 Å². The van der Waals surface area contributed by atoms with Crippen LogP contribution in [0.4, 0.5) is 13.2 Å². The van der Waals surface area contributed by atoms with Gasteiger partial charge in [0.05, 0.1) is 25.7 Å². The molecule has 1 aromatic carbocycles. The molecule has 0 bridgehead atoms. The lowest BCUT2D eigenvalue weighted by Crippen LogP contribution is -2.40. The Kier molecular flexibility index (Phi) is 8.37. The smallest absolute Gasteiger partial charge is 0.376 e. The number of nitrogens with one attached hydrogen (secondary N) is 2. The molecule has 5 nitrogen and oxygen atoms in total. The molecule has 1 aliphatic heterocycles. The lowest BCUT2D eigenvalue weighted by atomic mass is 10.1. The molecule has 0 saturated carbocycles. The van der Waals surface area contributed by atoms with Crippen molar-refractivity contribution < 1.29 is 17.9 Å². The van der Waals surface area contributed by atoms with Gasteiger partial charge in [-0.1, -0.05) is 24.3 Å². The first-order valence-electron chi connectivity index (χ1n) is 9.36. The molecule has 1 unspecified atom stereocenters. The molecule has 0 amide bonds. The maximum atomic E-state index is 12.3. The van der Waals surface area contributed by atoms with E-state index in [0.29, 0.717) is 19.0 Å². The standard InChI is InChI=1S/C19H29F3N4O/c1-3-23-18(24-8-7-19(20,21)22)25-12-16-5-4-6-17(11-16)14-26-9-10-27-15(2)13-26/h4-6,11,15H,3,7-10,12-14H2,1-2H3,(H2,23,24,25). The Morgan fingerprint density at radius 1 is 1.30 bits per heavy atom. The van der Waals surface area contributed by atoms with Crippen LogP contribution in [0.5, 0.6) is 0 Å². The fourth-order valence-corrected chi connectivity index (χ4v) is 2.95. The van der Waals surface area contributed by atoms with Crippen LogP contribution in [0.3, 0.4) is 0 Å². The van der Waals surface area contributed by atoms with Gasteiger partial charge in [-0.05, 0) is 25.0 Å². The van der Waals surface area contributed by atoms with E-state index in [4.69, 9.17) is 4.74 Å². The molecule has 1 fully saturated rings. The number of rotatable bonds is 7. The third kappa shape index (κ3) is 8.62. The monoisotopic (exact) mass is 386 g/mol. The molecular weight excluding hydrogens is 357 g/mol. The first-order valence-corrected chi connectivity index (χ1v) is 9.36. The zero-order valence-corrected chi connectivity index (χ0v) is 16.0. The molecule has 2 N–H and O–H groups in total. The fraction of sp³-hybridized carbons (Fsp3) is 0.632. The normalized spacial score (nSPS) is 19.1. The van der Waals surface area contributed by atoms with Crippen LogP contribution in [0.1, 0.15) is 31.4 Å². The zero-order valence-electron chi connectivity index (χ0n) is 16.0. The van der Waals surface area contributed by atoms with E-state index >= 15 is 0 Å². The summed E-state index contributed by atoms with van der Waals surface area (Å²) in [6, 6.07) is 8.16. The van der Waals surface area contributed by atoms with Crippen LogP contribution in [0.2, 0.25) is 0 Å². The van der Waals surface area contributed by atoms with Gasteiger partial charge in [-0.15, -0.1) is 0 Å². The molecule has 1 saturated heterocycles. The van der Waals surface area contributed by atoms with Crippen molar-refractivity contribution in [2.45, 2.75) is 45.6 Å². The minimum Gasteiger partial charge on any atom is -0.376 e. The van der Waals surface area contributed by atoms with Crippen molar-refractivity contribution in [1.29, 1.82) is 0 Å². The maximum absolute atomic E-state index is 12.3. The van der Waals surface area contributed by atoms with Gasteiger partial charge < -0.3 is 15.4 Å². The number of alkyl halides is 3. The third-order valence-electron chi connectivity index (χ3n) is 4.19. The summed E-state index contributed by atoms with van der Waals surface area (Å²) in [6.45, 7) is 8.20. The number of morpholine rings is 1. The van der Waals surface area contributed by atoms with Gasteiger partial charge in [-0.2, -0.15) is 13.2 Å². The average Bonchev–Trinajstić information content (AvgIpc) is 2.59. The Bertz CT molecular complexity index is 607. The lowest BCUT2D eigenvalue weighted by Gasteiger charge is -2.31. The van der Waals surface area contributed by atoms with Crippen molar-refractivity contribution in [2.24, 2.45) is 4.99 Å². The first-order chi connectivity index (χ1) is 12.9. The van der Waals surface area contributed by atoms with Crippen molar-refractivity contribution in [1.82, 2.24) is 15.5 Å². The van der Waals surface area contributed by atoms with Crippen molar-refractivity contribution in [3.8, 4) is 0 Å². The molecule has 1 atom stereocenters. The Balaban J connectivity index is 1.91. The SMILES string of the molecule is CCNC(=NCc1cccc(CN2CCOC(C)C2)c1)NCCC(F)(F)F. The van der Waals surface area contributed by atoms with Crippen molar-refractivity contribution in [2.75, 3.05) is 32.8 Å². The molecule has 0 spiro atoms. The minimum atomic E-state index is -4.17. The topological polar surface area (TPSA) is 48.9 Å². The van der Waals surface area contributed by atoms with Crippen molar-refractivity contribution >= 4 is 5.96 Å². The number of benzene rings is 1. The average molecular weight is 386 g/mol. The quantitative estimate of drug-likeness (QED) is 0.559. The number of halogens is 3. The summed E-state index contributed by atoms with van der Waals surface area (Å²) in [5.74, 6) is 0.397. The van der Waals surface area contributed by atoms with Crippen LogP contribution in [0.15, 0.2) is 29.3 Å². The fourth-order valence-electron chi connectivity index (χ4n) is 2.95. The van der Waals surface area contributed by atoms with Gasteiger partial charge in [0.15, 0.2) is 5.96 Å². The molecule has 1 heterocycles. The van der Waals surface area contributed by atoms with Crippen LogP contribution >= 0.6 is 0 Å². The highest BCUT2D eigenvalue weighted by Gasteiger charge is 2.26. The number of nitrogens with zero attached hydrogens (tertiary/aromatic N) is 2. The van der Waals surface area contributed by atoms with E-state index in [9.17, 15) is 13.2 Å². The largest absolute Gasteiger partial charge is 0.390 e. The summed E-state index contributed by atoms with van der Waals surface area (Å²) in [6.07, 6.45) is -4.81. The minimum absolute atomic E-state index is 0.190. The van der Waals surface area contributed by atoms with E-state index in [0.717, 1.165) is 31.8 Å². The second kappa shape index (κ2) is 10.5. The zero-order chi connectivity index (χ0) is 19.7. The summed E-state index contributed by atoms with van der Waals surface area (Å²) in [5, 5.41) is 5.70. The van der Waals surface area contributed by atoms with Crippen LogP contribution < -0.4 is 10.6 Å². The van der Waals surface area contributed by atoms with E-state index in [2.05, 4.69) is 39.6 Å². The predicted molar refractivity (Wildman–Crippen MR) is 101 cm³/mol. The highest BCUT2D eigenvalue weighted by atomic mass is 19.4. The Morgan fingerprint density at radius 2 is 2.07 bits per heavy atom. The van der Waals surface area contributed by atoms with Gasteiger partial charge in [0.25, 0.3) is 0 Å². The number of aliphatic imine (C=N–C) groups is 1. The third-order valence-corrected chi connectivity index (χ3v) is 4.19. The summed E-state index contributed by atoms with van der Waals surface area (Å²) >= 11 is 0. The van der Waals surface area contributed by atoms with Gasteiger partial charge in [0.2, 0.25) is 0 Å². The molecule has 1 aromatic rings. The second-order valence-corrected chi connectivity index (χ2v) is 6.72. The van der Waals surface area contributed by atoms with Crippen LogP contribution in [-0.2, 0) is 17.8 Å². The molecular formula is C19H29F3N4O. The molecule has 152 valence electrons. The Labute approximate surface area is 159 Å². The first kappa shape index (κ1) is 21.5. The second-order valence-electron chi connectivity index (χ2n) is 6.72. The van der Waals surface area contributed by atoms with Crippen LogP contribution in [0.25, 0.3) is 0 Å². The highest BCUT2D eigenvalue weighted by Crippen LogP contribution is 2.18. The van der Waals surface area contributed by atoms with E-state index in [1.807, 2.05) is 19.1 Å². The molecule has 8 heteroatoms. The number of guanidine groups is 1. The highest BCUT2D eigenvalue weighted by molar-refractivity contribution is 5.79. The molecule has 27 heavy (non-hydrogen) atoms. The van der Waals surface area contributed by atoms with E-state index in [1.165, 1.54) is 5.56 Å². The molecule has 2 rings (SSSR count). The van der Waals surface area contributed by atoms with Crippen LogP contribution in [0, 0.1) is 0 Å². The van der Waals surface area contributed by atoms with Gasteiger partial charge in [0, 0.05) is 32.7 Å². The van der Waals surface area contributed by atoms with E-state index < -0.39 is 12.6 Å². The van der Waals surface area contributed by atoms with Crippen molar-refractivity contribution in [3.05, 3.63) is 35.4 Å². The van der Waals surface area contributed by atoms with Gasteiger partial charge in [0.1, 0.15) is 0 Å². The van der Waals surface area contributed by atoms with E-state index in [-0.39, 0.29) is 12.6 Å². The summed E-state index contributed by atoms with van der Waals surface area (Å²) in [5.41, 5.74) is 2.23. The van der Waals surface area contributed by atoms with Crippen LogP contribution in [-0.4, -0.2) is 55.9 Å². The maximum Gasteiger partial charge on any atom is 0.390 e. The predicted octanol–water partition coefficient (Wildman–Crippen LogP) is 2.91. The van der Waals surface area contributed by atoms with Gasteiger partial charge in [-0.25, -0.2) is 4.99 Å². The molecule has 0 radical (unpaired) electrons. The van der Waals surface area contributed by atoms with Gasteiger partial charge in [-0.3, -0.25) is 4.90 Å². The Hall–Kier alpha value is -1.80. The van der Waals surface area contributed by atoms with Gasteiger partial charge >= 0.3 is 6.18 Å². The van der Waals surface area contributed by atoms with Crippen molar-refractivity contribution in [3.63, 3.8) is 0 Å². The summed E-state index contributed by atoms with van der Waals surface area (Å²) in [4.78, 5) is 6.76. The summed E-state index contributed by atoms with van der Waals surface area (Å²) in [7, 11) is 0. The molecule has 1 aliphatic rings. The lowest BCUT2D eigenvalue weighted by molar-refractivity contribution is -0.132. The Morgan fingerprint density at radius 3 is 2.78 bits per heavy atom. The number of ether oxygens (including phenoxy) is 1.